The first-order valence-electron chi connectivity index (χ1n) is 5.75. The van der Waals surface area contributed by atoms with E-state index in [4.69, 9.17) is 4.42 Å². The number of nitrogens with one attached hydrogen (secondary N) is 1. The normalized spacial score (nSPS) is 10.9. The van der Waals surface area contributed by atoms with E-state index in [-0.39, 0.29) is 0 Å². The Morgan fingerprint density at radius 3 is 3.00 bits per heavy atom. The average molecular weight is 243 g/mol. The van der Waals surface area contributed by atoms with Gasteiger partial charge in [0.05, 0.1) is 0 Å². The van der Waals surface area contributed by atoms with Gasteiger partial charge in [0.15, 0.2) is 5.58 Å². The zero-order valence-electron chi connectivity index (χ0n) is 10.00. The lowest BCUT2D eigenvalue weighted by molar-refractivity contribution is 0.613. The Balaban J connectivity index is 1.65. The Hall–Kier alpha value is -2.37. The van der Waals surface area contributed by atoms with E-state index in [1.807, 2.05) is 35.9 Å². The van der Waals surface area contributed by atoms with E-state index in [1.54, 1.807) is 6.33 Å². The third kappa shape index (κ3) is 2.04. The molecule has 0 fully saturated rings. The molecule has 0 aliphatic rings. The van der Waals surface area contributed by atoms with Crippen LogP contribution in [0.2, 0.25) is 0 Å². The first kappa shape index (κ1) is 10.8. The Kier molecular flexibility index (Phi) is 2.68. The van der Waals surface area contributed by atoms with E-state index in [2.05, 4.69) is 20.5 Å². The van der Waals surface area contributed by atoms with Gasteiger partial charge >= 0.3 is 0 Å². The number of hydrogen-bond donors (Lipinski definition) is 1. The van der Waals surface area contributed by atoms with Gasteiger partial charge in [-0.15, -0.1) is 10.2 Å². The van der Waals surface area contributed by atoms with E-state index < -0.39 is 0 Å². The summed E-state index contributed by atoms with van der Waals surface area (Å²) in [6.45, 7) is 0.708. The molecular formula is C12H13N5O. The van der Waals surface area contributed by atoms with Crippen molar-refractivity contribution in [1.29, 1.82) is 0 Å². The fraction of sp³-hybridized carbons (Fsp3) is 0.250. The third-order valence-electron chi connectivity index (χ3n) is 2.72. The molecule has 0 saturated carbocycles. The van der Waals surface area contributed by atoms with Crippen LogP contribution in [0, 0.1) is 0 Å². The van der Waals surface area contributed by atoms with Crippen LogP contribution in [0.3, 0.4) is 0 Å². The molecule has 0 radical (unpaired) electrons. The zero-order chi connectivity index (χ0) is 12.4. The molecule has 1 aromatic carbocycles. The summed E-state index contributed by atoms with van der Waals surface area (Å²) in [5.74, 6) is 0.929. The second kappa shape index (κ2) is 4.48. The summed E-state index contributed by atoms with van der Waals surface area (Å²) in [5, 5.41) is 11.0. The molecule has 0 saturated heterocycles. The molecule has 0 aliphatic carbocycles. The van der Waals surface area contributed by atoms with E-state index in [0.29, 0.717) is 12.6 Å². The van der Waals surface area contributed by atoms with Crippen molar-refractivity contribution in [1.82, 2.24) is 19.7 Å². The summed E-state index contributed by atoms with van der Waals surface area (Å²) < 4.78 is 7.45. The Morgan fingerprint density at radius 1 is 1.33 bits per heavy atom. The molecule has 6 nitrogen and oxygen atoms in total. The van der Waals surface area contributed by atoms with Crippen molar-refractivity contribution in [2.45, 2.75) is 6.42 Å². The van der Waals surface area contributed by atoms with Gasteiger partial charge in [-0.3, -0.25) is 0 Å². The number of rotatable bonds is 4. The number of aryl methyl sites for hydroxylation is 1. The van der Waals surface area contributed by atoms with Gasteiger partial charge in [-0.2, -0.15) is 4.98 Å². The molecule has 0 unspecified atom stereocenters. The molecule has 3 aromatic rings. The number of para-hydroxylation sites is 2. The predicted molar refractivity (Wildman–Crippen MR) is 67.2 cm³/mol. The highest BCUT2D eigenvalue weighted by molar-refractivity contribution is 5.74. The molecule has 0 atom stereocenters. The van der Waals surface area contributed by atoms with Crippen LogP contribution in [-0.2, 0) is 13.5 Å². The first-order chi connectivity index (χ1) is 8.83. The second-order valence-electron chi connectivity index (χ2n) is 4.02. The van der Waals surface area contributed by atoms with Crippen molar-refractivity contribution in [3.8, 4) is 0 Å². The summed E-state index contributed by atoms with van der Waals surface area (Å²) >= 11 is 0. The lowest BCUT2D eigenvalue weighted by atomic mass is 10.3. The van der Waals surface area contributed by atoms with Gasteiger partial charge in [-0.25, -0.2) is 0 Å². The van der Waals surface area contributed by atoms with Gasteiger partial charge in [-0.1, -0.05) is 12.1 Å². The summed E-state index contributed by atoms with van der Waals surface area (Å²) in [5.41, 5.74) is 1.65. The van der Waals surface area contributed by atoms with Crippen LogP contribution in [0.4, 0.5) is 6.01 Å². The summed E-state index contributed by atoms with van der Waals surface area (Å²) in [6, 6.07) is 8.23. The summed E-state index contributed by atoms with van der Waals surface area (Å²) in [6.07, 6.45) is 2.46. The Bertz CT molecular complexity index is 624. The smallest absolute Gasteiger partial charge is 0.295 e. The van der Waals surface area contributed by atoms with Crippen LogP contribution in [0.25, 0.3) is 11.1 Å². The molecular weight excluding hydrogens is 230 g/mol. The van der Waals surface area contributed by atoms with Gasteiger partial charge in [0.1, 0.15) is 17.7 Å². The average Bonchev–Trinajstić information content (AvgIpc) is 2.96. The van der Waals surface area contributed by atoms with Crippen molar-refractivity contribution in [2.75, 3.05) is 11.9 Å². The Labute approximate surface area is 104 Å². The Morgan fingerprint density at radius 2 is 2.22 bits per heavy atom. The number of aromatic nitrogens is 4. The van der Waals surface area contributed by atoms with Crippen molar-refractivity contribution in [3.63, 3.8) is 0 Å². The maximum atomic E-state index is 5.55. The molecule has 18 heavy (non-hydrogen) atoms. The zero-order valence-corrected chi connectivity index (χ0v) is 10.00. The number of nitrogens with zero attached hydrogens (tertiary/aromatic N) is 4. The lowest BCUT2D eigenvalue weighted by Gasteiger charge is -2.00. The highest BCUT2D eigenvalue weighted by Crippen LogP contribution is 2.17. The molecule has 92 valence electrons. The molecule has 2 aromatic heterocycles. The SMILES string of the molecule is Cn1cnnc1CCNc1nc2ccccc2o1. The summed E-state index contributed by atoms with van der Waals surface area (Å²) in [4.78, 5) is 4.33. The first-order valence-corrected chi connectivity index (χ1v) is 5.75. The van der Waals surface area contributed by atoms with Gasteiger partial charge in [0, 0.05) is 20.0 Å². The molecule has 0 bridgehead atoms. The van der Waals surface area contributed by atoms with Crippen molar-refractivity contribution in [3.05, 3.63) is 36.4 Å². The van der Waals surface area contributed by atoms with Crippen LogP contribution in [0.5, 0.6) is 0 Å². The molecule has 2 heterocycles. The fourth-order valence-corrected chi connectivity index (χ4v) is 1.76. The molecule has 0 amide bonds. The number of benzene rings is 1. The van der Waals surface area contributed by atoms with E-state index in [0.717, 1.165) is 23.3 Å². The molecule has 3 rings (SSSR count). The van der Waals surface area contributed by atoms with Crippen LogP contribution in [-0.4, -0.2) is 26.3 Å². The minimum atomic E-state index is 0.540. The highest BCUT2D eigenvalue weighted by Gasteiger charge is 2.05. The van der Waals surface area contributed by atoms with Crippen molar-refractivity contribution in [2.24, 2.45) is 7.05 Å². The number of fused-ring (bicyclic) bond motifs is 1. The van der Waals surface area contributed by atoms with Crippen LogP contribution in [0.1, 0.15) is 5.82 Å². The maximum Gasteiger partial charge on any atom is 0.295 e. The van der Waals surface area contributed by atoms with Gasteiger partial charge in [0.25, 0.3) is 6.01 Å². The van der Waals surface area contributed by atoms with Gasteiger partial charge in [-0.05, 0) is 12.1 Å². The minimum Gasteiger partial charge on any atom is -0.424 e. The monoisotopic (exact) mass is 243 g/mol. The van der Waals surface area contributed by atoms with Gasteiger partial charge in [0.2, 0.25) is 0 Å². The fourth-order valence-electron chi connectivity index (χ4n) is 1.76. The predicted octanol–water partition coefficient (Wildman–Crippen LogP) is 1.61. The topological polar surface area (TPSA) is 68.8 Å². The van der Waals surface area contributed by atoms with Crippen LogP contribution < -0.4 is 5.32 Å². The lowest BCUT2D eigenvalue weighted by Crippen LogP contribution is -2.08. The number of anilines is 1. The second-order valence-corrected chi connectivity index (χ2v) is 4.02. The van der Waals surface area contributed by atoms with E-state index in [9.17, 15) is 0 Å². The quantitative estimate of drug-likeness (QED) is 0.754. The van der Waals surface area contributed by atoms with Crippen LogP contribution in [0.15, 0.2) is 35.0 Å². The summed E-state index contributed by atoms with van der Waals surface area (Å²) in [7, 11) is 1.93. The van der Waals surface area contributed by atoms with Crippen molar-refractivity contribution < 1.29 is 4.42 Å². The van der Waals surface area contributed by atoms with Gasteiger partial charge < -0.3 is 14.3 Å². The van der Waals surface area contributed by atoms with E-state index in [1.165, 1.54) is 0 Å². The number of oxazole rings is 1. The third-order valence-corrected chi connectivity index (χ3v) is 2.72. The highest BCUT2D eigenvalue weighted by atomic mass is 16.4. The standard InChI is InChI=1S/C12H13N5O/c1-17-8-14-16-11(17)6-7-13-12-15-9-4-2-3-5-10(9)18-12/h2-5,8H,6-7H2,1H3,(H,13,15). The minimum absolute atomic E-state index is 0.540. The number of hydrogen-bond acceptors (Lipinski definition) is 5. The van der Waals surface area contributed by atoms with Crippen molar-refractivity contribution >= 4 is 17.1 Å². The largest absolute Gasteiger partial charge is 0.424 e. The molecule has 0 aliphatic heterocycles. The maximum absolute atomic E-state index is 5.55. The molecule has 6 heteroatoms. The molecule has 1 N–H and O–H groups in total. The van der Waals surface area contributed by atoms with E-state index >= 15 is 0 Å². The molecule has 0 spiro atoms. The van der Waals surface area contributed by atoms with Crippen LogP contribution >= 0.6 is 0 Å².